The van der Waals surface area contributed by atoms with Crippen molar-refractivity contribution < 1.29 is 4.79 Å². The van der Waals surface area contributed by atoms with Gasteiger partial charge in [-0.25, -0.2) is 4.98 Å². The summed E-state index contributed by atoms with van der Waals surface area (Å²) in [5.74, 6) is 1.08. The van der Waals surface area contributed by atoms with Crippen LogP contribution in [0.3, 0.4) is 0 Å². The first kappa shape index (κ1) is 19.6. The monoisotopic (exact) mass is 398 g/mol. The highest BCUT2D eigenvalue weighted by atomic mass is 32.1. The lowest BCUT2D eigenvalue weighted by molar-refractivity contribution is -0.133. The van der Waals surface area contributed by atoms with Crippen LogP contribution in [0.4, 0.5) is 0 Å². The van der Waals surface area contributed by atoms with Crippen molar-refractivity contribution in [2.45, 2.75) is 32.2 Å². The summed E-state index contributed by atoms with van der Waals surface area (Å²) in [7, 11) is 0. The number of benzene rings is 1. The zero-order valence-electron chi connectivity index (χ0n) is 16.5. The van der Waals surface area contributed by atoms with Crippen molar-refractivity contribution in [1.29, 1.82) is 0 Å². The van der Waals surface area contributed by atoms with Gasteiger partial charge in [-0.3, -0.25) is 9.69 Å². The lowest BCUT2D eigenvalue weighted by Gasteiger charge is -2.34. The molecular formula is C22H30N4OS. The molecule has 1 aromatic carbocycles. The Kier molecular flexibility index (Phi) is 6.73. The van der Waals surface area contributed by atoms with Crippen molar-refractivity contribution >= 4 is 17.2 Å². The van der Waals surface area contributed by atoms with E-state index in [1.807, 2.05) is 6.07 Å². The highest BCUT2D eigenvalue weighted by Crippen LogP contribution is 2.24. The van der Waals surface area contributed by atoms with Gasteiger partial charge in [0, 0.05) is 50.1 Å². The van der Waals surface area contributed by atoms with E-state index in [9.17, 15) is 4.79 Å². The fourth-order valence-electron chi connectivity index (χ4n) is 4.13. The first-order chi connectivity index (χ1) is 13.8. The Hall–Kier alpha value is -1.76. The first-order valence-electron chi connectivity index (χ1n) is 10.5. The molecule has 1 aromatic heterocycles. The molecule has 0 bridgehead atoms. The Balaban J connectivity index is 1.21. The van der Waals surface area contributed by atoms with Gasteiger partial charge in [-0.15, -0.1) is 11.3 Å². The molecule has 0 unspecified atom stereocenters. The van der Waals surface area contributed by atoms with E-state index in [-0.39, 0.29) is 0 Å². The van der Waals surface area contributed by atoms with E-state index in [0.29, 0.717) is 5.91 Å². The van der Waals surface area contributed by atoms with Gasteiger partial charge in [0.05, 0.1) is 5.69 Å². The number of hydrogen-bond acceptors (Lipinski definition) is 5. The van der Waals surface area contributed by atoms with Crippen LogP contribution in [-0.4, -0.2) is 60.0 Å². The number of thiazole rings is 1. The van der Waals surface area contributed by atoms with E-state index < -0.39 is 0 Å². The maximum Gasteiger partial charge on any atom is 0.222 e. The number of amides is 1. The average Bonchev–Trinajstić information content (AvgIpc) is 3.22. The molecule has 5 nitrogen and oxygen atoms in total. The second kappa shape index (κ2) is 9.63. The lowest BCUT2D eigenvalue weighted by atomic mass is 9.93. The Morgan fingerprint density at radius 3 is 2.61 bits per heavy atom. The molecule has 6 heteroatoms. The highest BCUT2D eigenvalue weighted by molar-refractivity contribution is 7.13. The number of carbonyl (C=O) groups excluding carboxylic acids is 1. The number of carbonyl (C=O) groups is 1. The maximum atomic E-state index is 12.5. The van der Waals surface area contributed by atoms with Crippen molar-refractivity contribution in [3.05, 3.63) is 41.4 Å². The van der Waals surface area contributed by atoms with E-state index in [0.717, 1.165) is 75.3 Å². The largest absolute Gasteiger partial charge is 0.340 e. The van der Waals surface area contributed by atoms with Crippen molar-refractivity contribution in [1.82, 2.24) is 20.1 Å². The molecule has 0 aliphatic carbocycles. The summed E-state index contributed by atoms with van der Waals surface area (Å²) >= 11 is 1.71. The van der Waals surface area contributed by atoms with Crippen LogP contribution in [0.5, 0.6) is 0 Å². The molecule has 0 saturated carbocycles. The molecule has 28 heavy (non-hydrogen) atoms. The van der Waals surface area contributed by atoms with E-state index >= 15 is 0 Å². The molecule has 4 rings (SSSR count). The summed E-state index contributed by atoms with van der Waals surface area (Å²) in [6.45, 7) is 6.68. The minimum atomic E-state index is 0.346. The summed E-state index contributed by atoms with van der Waals surface area (Å²) in [4.78, 5) is 21.8. The van der Waals surface area contributed by atoms with Gasteiger partial charge in [-0.05, 0) is 38.3 Å². The van der Waals surface area contributed by atoms with Gasteiger partial charge in [-0.2, -0.15) is 0 Å². The van der Waals surface area contributed by atoms with Crippen LogP contribution in [0.1, 0.15) is 31.4 Å². The minimum absolute atomic E-state index is 0.346. The van der Waals surface area contributed by atoms with Crippen LogP contribution >= 0.6 is 11.3 Å². The SMILES string of the molecule is O=C(CCC1CCNCC1)N1CCN(Cc2csc(-c3ccccc3)n2)CC1. The number of piperidine rings is 1. The molecule has 0 spiro atoms. The lowest BCUT2D eigenvalue weighted by Crippen LogP contribution is -2.48. The van der Waals surface area contributed by atoms with Gasteiger partial charge < -0.3 is 10.2 Å². The number of hydrogen-bond donors (Lipinski definition) is 1. The molecule has 1 N–H and O–H groups in total. The molecule has 2 saturated heterocycles. The standard InChI is InChI=1S/C22H30N4OS/c27-21(7-6-18-8-10-23-11-9-18)26-14-12-25(13-15-26)16-20-17-28-22(24-20)19-4-2-1-3-5-19/h1-5,17-18,23H,6-16H2. The number of nitrogens with zero attached hydrogens (tertiary/aromatic N) is 3. The summed E-state index contributed by atoms with van der Waals surface area (Å²) < 4.78 is 0. The fraction of sp³-hybridized carbons (Fsp3) is 0.545. The molecule has 2 aliphatic heterocycles. The average molecular weight is 399 g/mol. The summed E-state index contributed by atoms with van der Waals surface area (Å²) in [6.07, 6.45) is 4.22. The van der Waals surface area contributed by atoms with Gasteiger partial charge in [-0.1, -0.05) is 30.3 Å². The highest BCUT2D eigenvalue weighted by Gasteiger charge is 2.23. The molecule has 2 fully saturated rings. The molecule has 0 radical (unpaired) electrons. The van der Waals surface area contributed by atoms with E-state index in [4.69, 9.17) is 4.98 Å². The van der Waals surface area contributed by atoms with Gasteiger partial charge in [0.25, 0.3) is 0 Å². The predicted octanol–water partition coefficient (Wildman–Crippen LogP) is 3.23. The topological polar surface area (TPSA) is 48.5 Å². The Labute approximate surface area is 171 Å². The third-order valence-corrected chi connectivity index (χ3v) is 6.85. The van der Waals surface area contributed by atoms with Crippen molar-refractivity contribution in [3.8, 4) is 10.6 Å². The Morgan fingerprint density at radius 2 is 1.86 bits per heavy atom. The van der Waals surface area contributed by atoms with Crippen LogP contribution in [0.15, 0.2) is 35.7 Å². The van der Waals surface area contributed by atoms with Crippen molar-refractivity contribution in [2.24, 2.45) is 5.92 Å². The maximum absolute atomic E-state index is 12.5. The third-order valence-electron chi connectivity index (χ3n) is 5.91. The minimum Gasteiger partial charge on any atom is -0.340 e. The molecule has 0 atom stereocenters. The summed E-state index contributed by atoms with van der Waals surface area (Å²) in [5.41, 5.74) is 2.32. The molecule has 1 amide bonds. The van der Waals surface area contributed by atoms with Crippen LogP contribution < -0.4 is 5.32 Å². The van der Waals surface area contributed by atoms with Crippen molar-refractivity contribution in [3.63, 3.8) is 0 Å². The van der Waals surface area contributed by atoms with E-state index in [2.05, 4.69) is 44.8 Å². The molecule has 150 valence electrons. The third kappa shape index (κ3) is 5.19. The number of piperazine rings is 1. The first-order valence-corrected chi connectivity index (χ1v) is 11.4. The predicted molar refractivity (Wildman–Crippen MR) is 114 cm³/mol. The summed E-state index contributed by atoms with van der Waals surface area (Å²) in [5, 5.41) is 6.65. The van der Waals surface area contributed by atoms with Gasteiger partial charge in [0.1, 0.15) is 5.01 Å². The molecule has 2 aromatic rings. The van der Waals surface area contributed by atoms with Crippen LogP contribution in [0, 0.1) is 5.92 Å². The summed E-state index contributed by atoms with van der Waals surface area (Å²) in [6, 6.07) is 10.4. The molecular weight excluding hydrogens is 368 g/mol. The quantitative estimate of drug-likeness (QED) is 0.812. The zero-order valence-corrected chi connectivity index (χ0v) is 17.3. The normalized spacial score (nSPS) is 19.1. The smallest absolute Gasteiger partial charge is 0.222 e. The molecule has 2 aliphatic rings. The fourth-order valence-corrected chi connectivity index (χ4v) is 4.95. The Morgan fingerprint density at radius 1 is 1.11 bits per heavy atom. The second-order valence-corrected chi connectivity index (χ2v) is 8.76. The van der Waals surface area contributed by atoms with Gasteiger partial charge >= 0.3 is 0 Å². The van der Waals surface area contributed by atoms with E-state index in [1.165, 1.54) is 18.4 Å². The van der Waals surface area contributed by atoms with Crippen LogP contribution in [0.2, 0.25) is 0 Å². The Bertz CT molecular complexity index is 749. The molecule has 3 heterocycles. The van der Waals surface area contributed by atoms with Gasteiger partial charge in [0.15, 0.2) is 0 Å². The van der Waals surface area contributed by atoms with Crippen LogP contribution in [-0.2, 0) is 11.3 Å². The zero-order chi connectivity index (χ0) is 19.2. The van der Waals surface area contributed by atoms with Gasteiger partial charge in [0.2, 0.25) is 5.91 Å². The number of nitrogens with one attached hydrogen (secondary N) is 1. The van der Waals surface area contributed by atoms with Crippen LogP contribution in [0.25, 0.3) is 10.6 Å². The van der Waals surface area contributed by atoms with E-state index in [1.54, 1.807) is 11.3 Å². The number of aromatic nitrogens is 1. The second-order valence-electron chi connectivity index (χ2n) is 7.90. The van der Waals surface area contributed by atoms with Crippen molar-refractivity contribution in [2.75, 3.05) is 39.3 Å². The number of rotatable bonds is 6.